The molecular formula is C13H17N3. The Morgan fingerprint density at radius 2 is 2.19 bits per heavy atom. The maximum Gasteiger partial charge on any atom is 0.148 e. The van der Waals surface area contributed by atoms with Gasteiger partial charge >= 0.3 is 0 Å². The number of nitrogens with two attached hydrogens (primary N) is 1. The first-order valence-electron chi connectivity index (χ1n) is 5.43. The van der Waals surface area contributed by atoms with Crippen LogP contribution >= 0.6 is 0 Å². The lowest BCUT2D eigenvalue weighted by Crippen LogP contribution is -1.98. The molecule has 0 aliphatic heterocycles. The molecule has 2 aromatic rings. The van der Waals surface area contributed by atoms with E-state index in [0.29, 0.717) is 11.7 Å². The molecule has 0 aromatic carbocycles. The Hall–Kier alpha value is -1.77. The zero-order valence-corrected chi connectivity index (χ0v) is 9.99. The normalized spacial score (nSPS) is 11.2. The number of allylic oxidation sites excluding steroid dienone is 1. The van der Waals surface area contributed by atoms with Gasteiger partial charge in [0.2, 0.25) is 0 Å². The van der Waals surface area contributed by atoms with Gasteiger partial charge in [0.1, 0.15) is 5.82 Å². The van der Waals surface area contributed by atoms with E-state index in [4.69, 9.17) is 5.73 Å². The SMILES string of the molecule is C=C(C)c1cc(C(C)C)c2c(N)nccn12. The molecule has 2 rings (SSSR count). The minimum atomic E-state index is 0.426. The lowest BCUT2D eigenvalue weighted by atomic mass is 10.0. The number of fused-ring (bicyclic) bond motifs is 1. The fourth-order valence-corrected chi connectivity index (χ4v) is 1.98. The van der Waals surface area contributed by atoms with Crippen molar-refractivity contribution in [2.75, 3.05) is 5.73 Å². The quantitative estimate of drug-likeness (QED) is 0.836. The van der Waals surface area contributed by atoms with Gasteiger partial charge < -0.3 is 10.1 Å². The molecule has 0 unspecified atom stereocenters. The Bertz CT molecular complexity index is 550. The van der Waals surface area contributed by atoms with Crippen LogP contribution in [0.15, 0.2) is 25.0 Å². The molecule has 2 aromatic heterocycles. The third kappa shape index (κ3) is 1.48. The molecule has 0 saturated heterocycles. The van der Waals surface area contributed by atoms with Crippen molar-refractivity contribution in [1.82, 2.24) is 9.38 Å². The lowest BCUT2D eigenvalue weighted by Gasteiger charge is -2.05. The summed E-state index contributed by atoms with van der Waals surface area (Å²) in [4.78, 5) is 4.15. The molecule has 3 nitrogen and oxygen atoms in total. The van der Waals surface area contributed by atoms with E-state index < -0.39 is 0 Å². The number of nitrogen functional groups attached to an aromatic ring is 1. The lowest BCUT2D eigenvalue weighted by molar-refractivity contribution is 0.876. The minimum absolute atomic E-state index is 0.426. The topological polar surface area (TPSA) is 43.3 Å². The number of hydrogen-bond donors (Lipinski definition) is 1. The number of hydrogen-bond acceptors (Lipinski definition) is 2. The van der Waals surface area contributed by atoms with Gasteiger partial charge in [-0.1, -0.05) is 20.4 Å². The van der Waals surface area contributed by atoms with Gasteiger partial charge in [0.25, 0.3) is 0 Å². The van der Waals surface area contributed by atoms with Crippen molar-refractivity contribution in [3.8, 4) is 0 Å². The molecule has 0 saturated carbocycles. The van der Waals surface area contributed by atoms with Crippen LogP contribution in [0.4, 0.5) is 5.82 Å². The van der Waals surface area contributed by atoms with Crippen molar-refractivity contribution in [3.63, 3.8) is 0 Å². The van der Waals surface area contributed by atoms with Gasteiger partial charge in [-0.05, 0) is 30.0 Å². The largest absolute Gasteiger partial charge is 0.382 e. The van der Waals surface area contributed by atoms with Gasteiger partial charge in [-0.15, -0.1) is 0 Å². The molecule has 2 N–H and O–H groups in total. The number of nitrogens with zero attached hydrogens (tertiary/aromatic N) is 2. The maximum absolute atomic E-state index is 5.95. The minimum Gasteiger partial charge on any atom is -0.382 e. The van der Waals surface area contributed by atoms with Crippen LogP contribution in [0.2, 0.25) is 0 Å². The molecule has 0 atom stereocenters. The smallest absolute Gasteiger partial charge is 0.148 e. The van der Waals surface area contributed by atoms with Crippen molar-refractivity contribution >= 4 is 16.9 Å². The van der Waals surface area contributed by atoms with Crippen LogP contribution in [0, 0.1) is 0 Å². The Morgan fingerprint density at radius 1 is 1.50 bits per heavy atom. The van der Waals surface area contributed by atoms with E-state index in [2.05, 4.69) is 35.9 Å². The molecule has 0 bridgehead atoms. The van der Waals surface area contributed by atoms with Crippen LogP contribution in [0.1, 0.15) is 37.9 Å². The van der Waals surface area contributed by atoms with Gasteiger partial charge in [0.15, 0.2) is 0 Å². The third-order valence-electron chi connectivity index (χ3n) is 2.80. The van der Waals surface area contributed by atoms with Crippen molar-refractivity contribution in [1.29, 1.82) is 0 Å². The molecule has 0 spiro atoms. The molecule has 0 aliphatic carbocycles. The molecule has 0 aliphatic rings. The van der Waals surface area contributed by atoms with Gasteiger partial charge in [-0.3, -0.25) is 0 Å². The van der Waals surface area contributed by atoms with E-state index in [1.54, 1.807) is 6.20 Å². The summed E-state index contributed by atoms with van der Waals surface area (Å²) in [6, 6.07) is 2.15. The molecule has 2 heterocycles. The van der Waals surface area contributed by atoms with Crippen molar-refractivity contribution in [2.24, 2.45) is 0 Å². The summed E-state index contributed by atoms with van der Waals surface area (Å²) in [6.07, 6.45) is 3.65. The highest BCUT2D eigenvalue weighted by Crippen LogP contribution is 2.29. The standard InChI is InChI=1S/C13H17N3/c1-8(2)10-7-11(9(3)4)16-6-5-15-13(14)12(10)16/h5-8H,3H2,1-2,4H3,(H2,14,15). The fraction of sp³-hybridized carbons (Fsp3) is 0.308. The van der Waals surface area contributed by atoms with Gasteiger partial charge in [0, 0.05) is 18.1 Å². The molecule has 0 amide bonds. The average Bonchev–Trinajstić information content (AvgIpc) is 2.58. The molecule has 0 fully saturated rings. The highest BCUT2D eigenvalue weighted by atomic mass is 15.0. The molecule has 16 heavy (non-hydrogen) atoms. The van der Waals surface area contributed by atoms with E-state index >= 15 is 0 Å². The summed E-state index contributed by atoms with van der Waals surface area (Å²) in [5.74, 6) is 1.01. The summed E-state index contributed by atoms with van der Waals surface area (Å²) in [5, 5.41) is 0. The summed E-state index contributed by atoms with van der Waals surface area (Å²) >= 11 is 0. The van der Waals surface area contributed by atoms with Crippen molar-refractivity contribution < 1.29 is 0 Å². The van der Waals surface area contributed by atoms with Crippen LogP contribution in [0.3, 0.4) is 0 Å². The number of anilines is 1. The Balaban J connectivity index is 2.87. The summed E-state index contributed by atoms with van der Waals surface area (Å²) < 4.78 is 2.07. The van der Waals surface area contributed by atoms with Crippen LogP contribution < -0.4 is 5.73 Å². The van der Waals surface area contributed by atoms with Crippen molar-refractivity contribution in [3.05, 3.63) is 36.3 Å². The monoisotopic (exact) mass is 215 g/mol. The zero-order chi connectivity index (χ0) is 11.9. The second-order valence-electron chi connectivity index (χ2n) is 4.45. The number of rotatable bonds is 2. The summed E-state index contributed by atoms with van der Waals surface area (Å²) in [7, 11) is 0. The Morgan fingerprint density at radius 3 is 2.75 bits per heavy atom. The second kappa shape index (κ2) is 3.67. The van der Waals surface area contributed by atoms with Gasteiger partial charge in [-0.25, -0.2) is 4.98 Å². The fourth-order valence-electron chi connectivity index (χ4n) is 1.98. The molecule has 3 heteroatoms. The first-order valence-corrected chi connectivity index (χ1v) is 5.43. The Labute approximate surface area is 95.6 Å². The molecule has 0 radical (unpaired) electrons. The Kier molecular flexibility index (Phi) is 2.46. The van der Waals surface area contributed by atoms with E-state index in [1.807, 2.05) is 13.1 Å². The van der Waals surface area contributed by atoms with E-state index in [0.717, 1.165) is 16.8 Å². The van der Waals surface area contributed by atoms with Crippen LogP contribution in [0.5, 0.6) is 0 Å². The van der Waals surface area contributed by atoms with E-state index in [9.17, 15) is 0 Å². The van der Waals surface area contributed by atoms with E-state index in [1.165, 1.54) is 5.56 Å². The predicted octanol–water partition coefficient (Wildman–Crippen LogP) is 3.07. The first-order chi connectivity index (χ1) is 7.52. The first kappa shape index (κ1) is 10.7. The zero-order valence-electron chi connectivity index (χ0n) is 9.99. The molecular weight excluding hydrogens is 198 g/mol. The second-order valence-corrected chi connectivity index (χ2v) is 4.45. The van der Waals surface area contributed by atoms with Gasteiger partial charge in [-0.2, -0.15) is 0 Å². The van der Waals surface area contributed by atoms with Crippen LogP contribution in [0.25, 0.3) is 11.1 Å². The predicted molar refractivity (Wildman–Crippen MR) is 68.4 cm³/mol. The molecule has 84 valence electrons. The number of aromatic nitrogens is 2. The summed E-state index contributed by atoms with van der Waals surface area (Å²) in [6.45, 7) is 10.3. The summed E-state index contributed by atoms with van der Waals surface area (Å²) in [5.41, 5.74) is 10.3. The highest BCUT2D eigenvalue weighted by Gasteiger charge is 2.14. The third-order valence-corrected chi connectivity index (χ3v) is 2.80. The maximum atomic E-state index is 5.95. The highest BCUT2D eigenvalue weighted by molar-refractivity contribution is 5.77. The van der Waals surface area contributed by atoms with Crippen LogP contribution in [-0.4, -0.2) is 9.38 Å². The van der Waals surface area contributed by atoms with Gasteiger partial charge in [0.05, 0.1) is 5.52 Å². The average molecular weight is 215 g/mol. The van der Waals surface area contributed by atoms with Crippen LogP contribution in [-0.2, 0) is 0 Å². The van der Waals surface area contributed by atoms with E-state index in [-0.39, 0.29) is 0 Å². The van der Waals surface area contributed by atoms with Crippen molar-refractivity contribution in [2.45, 2.75) is 26.7 Å².